The average molecular weight is 517 g/mol. The minimum atomic E-state index is -4.39. The highest BCUT2D eigenvalue weighted by Crippen LogP contribution is 2.32. The van der Waals surface area contributed by atoms with E-state index in [2.05, 4.69) is 20.0 Å². The van der Waals surface area contributed by atoms with E-state index in [9.17, 15) is 17.2 Å². The minimum Gasteiger partial charge on any atom is -0.363 e. The van der Waals surface area contributed by atoms with E-state index in [1.165, 1.54) is 19.2 Å². The molecular formula is C26H27F3N4O2S. The third-order valence-corrected chi connectivity index (χ3v) is 7.24. The number of anilines is 1. The van der Waals surface area contributed by atoms with Gasteiger partial charge in [0.2, 0.25) is 0 Å². The van der Waals surface area contributed by atoms with Crippen LogP contribution in [-0.2, 0) is 10.0 Å². The first-order chi connectivity index (χ1) is 16.8. The molecule has 0 bridgehead atoms. The fourth-order valence-electron chi connectivity index (χ4n) is 3.31. The Balaban J connectivity index is 1.97. The lowest BCUT2D eigenvalue weighted by molar-refractivity contribution is 0.584. The van der Waals surface area contributed by atoms with E-state index in [1.807, 2.05) is 34.6 Å². The number of hydrogen-bond donors (Lipinski definition) is 2. The van der Waals surface area contributed by atoms with E-state index in [1.54, 1.807) is 6.07 Å². The van der Waals surface area contributed by atoms with Crippen LogP contribution in [0.5, 0.6) is 0 Å². The van der Waals surface area contributed by atoms with Crippen LogP contribution >= 0.6 is 0 Å². The van der Waals surface area contributed by atoms with Crippen molar-refractivity contribution >= 4 is 21.3 Å². The Morgan fingerprint density at radius 2 is 1.58 bits per heavy atom. The Morgan fingerprint density at radius 1 is 0.889 bits per heavy atom. The van der Waals surface area contributed by atoms with E-state index in [0.29, 0.717) is 5.69 Å². The zero-order valence-electron chi connectivity index (χ0n) is 20.8. The maximum absolute atomic E-state index is 15.3. The molecule has 0 atom stereocenters. The molecule has 3 aromatic rings. The van der Waals surface area contributed by atoms with Crippen molar-refractivity contribution in [1.29, 1.82) is 0 Å². The van der Waals surface area contributed by atoms with Gasteiger partial charge in [-0.1, -0.05) is 11.6 Å². The van der Waals surface area contributed by atoms with Crippen molar-refractivity contribution in [3.63, 3.8) is 0 Å². The summed E-state index contributed by atoms with van der Waals surface area (Å²) in [5.74, 6) is -2.88. The van der Waals surface area contributed by atoms with E-state index in [-0.39, 0.29) is 11.3 Å². The summed E-state index contributed by atoms with van der Waals surface area (Å²) in [6, 6.07) is 5.82. The maximum Gasteiger partial charge on any atom is 0.263 e. The molecule has 0 radical (unpaired) electrons. The van der Waals surface area contributed by atoms with E-state index < -0.39 is 43.6 Å². The molecule has 10 heteroatoms. The molecule has 0 spiro atoms. The molecule has 0 aliphatic heterocycles. The summed E-state index contributed by atoms with van der Waals surface area (Å²) < 4.78 is 71.2. The second-order valence-corrected chi connectivity index (χ2v) is 10.2. The molecule has 3 rings (SSSR count). The SMILES string of the molecule is CC(C)=C(C)N/C(C)=C(\C)c1ccc(-c2c(F)ccc(NS(=O)(=O)c3cc(F)cnc3C)c2F)cn1. The number of hydrogen-bond acceptors (Lipinski definition) is 5. The summed E-state index contributed by atoms with van der Waals surface area (Å²) in [6.07, 6.45) is 2.19. The lowest BCUT2D eigenvalue weighted by Gasteiger charge is -2.14. The molecule has 190 valence electrons. The van der Waals surface area contributed by atoms with Crippen LogP contribution in [-0.4, -0.2) is 18.4 Å². The second kappa shape index (κ2) is 10.5. The van der Waals surface area contributed by atoms with Crippen LogP contribution in [0.3, 0.4) is 0 Å². The molecule has 0 aliphatic rings. The van der Waals surface area contributed by atoms with Gasteiger partial charge in [-0.25, -0.2) is 21.6 Å². The van der Waals surface area contributed by atoms with Gasteiger partial charge in [-0.15, -0.1) is 0 Å². The van der Waals surface area contributed by atoms with Crippen LogP contribution in [0.25, 0.3) is 16.7 Å². The molecule has 0 saturated carbocycles. The zero-order valence-corrected chi connectivity index (χ0v) is 21.6. The third-order valence-electron chi connectivity index (χ3n) is 5.76. The van der Waals surface area contributed by atoms with Gasteiger partial charge in [-0.05, 0) is 71.4 Å². The summed E-state index contributed by atoms with van der Waals surface area (Å²) >= 11 is 0. The number of halogens is 3. The van der Waals surface area contributed by atoms with Crippen molar-refractivity contribution in [3.05, 3.63) is 88.5 Å². The van der Waals surface area contributed by atoms with Gasteiger partial charge in [-0.3, -0.25) is 14.7 Å². The van der Waals surface area contributed by atoms with Crippen LogP contribution in [0.4, 0.5) is 18.9 Å². The highest BCUT2D eigenvalue weighted by molar-refractivity contribution is 7.92. The Kier molecular flexibility index (Phi) is 7.88. The lowest BCUT2D eigenvalue weighted by Crippen LogP contribution is -2.16. The Morgan fingerprint density at radius 3 is 2.19 bits per heavy atom. The van der Waals surface area contributed by atoms with Crippen molar-refractivity contribution in [2.45, 2.75) is 46.4 Å². The number of allylic oxidation sites excluding steroid dienone is 4. The fourth-order valence-corrected chi connectivity index (χ4v) is 4.58. The fraction of sp³-hybridized carbons (Fsp3) is 0.231. The summed E-state index contributed by atoms with van der Waals surface area (Å²) in [5, 5.41) is 3.30. The van der Waals surface area contributed by atoms with Crippen LogP contribution in [0.2, 0.25) is 0 Å². The van der Waals surface area contributed by atoms with E-state index >= 15 is 4.39 Å². The van der Waals surface area contributed by atoms with Crippen LogP contribution in [0, 0.1) is 24.4 Å². The Hall–Kier alpha value is -3.66. The van der Waals surface area contributed by atoms with Crippen molar-refractivity contribution < 1.29 is 21.6 Å². The van der Waals surface area contributed by atoms with Gasteiger partial charge in [0.15, 0.2) is 5.82 Å². The number of aryl methyl sites for hydroxylation is 1. The minimum absolute atomic E-state index is 0.0272. The van der Waals surface area contributed by atoms with E-state index in [4.69, 9.17) is 0 Å². The Labute approximate surface area is 209 Å². The molecule has 0 aliphatic carbocycles. The molecule has 0 saturated heterocycles. The van der Waals surface area contributed by atoms with Crippen LogP contribution in [0.15, 0.2) is 64.6 Å². The van der Waals surface area contributed by atoms with E-state index in [0.717, 1.165) is 46.9 Å². The number of nitrogens with one attached hydrogen (secondary N) is 2. The predicted molar refractivity (Wildman–Crippen MR) is 135 cm³/mol. The van der Waals surface area contributed by atoms with Gasteiger partial charge in [0.05, 0.1) is 28.8 Å². The average Bonchev–Trinajstić information content (AvgIpc) is 2.82. The first-order valence-electron chi connectivity index (χ1n) is 11.0. The summed E-state index contributed by atoms with van der Waals surface area (Å²) in [6.45, 7) is 11.1. The summed E-state index contributed by atoms with van der Waals surface area (Å²) in [5.41, 5.74) is 3.70. The molecule has 6 nitrogen and oxygen atoms in total. The highest BCUT2D eigenvalue weighted by Gasteiger charge is 2.23. The number of benzene rings is 1. The quantitative estimate of drug-likeness (QED) is 0.384. The lowest BCUT2D eigenvalue weighted by atomic mass is 10.0. The second-order valence-electron chi connectivity index (χ2n) is 8.56. The van der Waals surface area contributed by atoms with Gasteiger partial charge in [0.1, 0.15) is 16.5 Å². The predicted octanol–water partition coefficient (Wildman–Crippen LogP) is 6.32. The zero-order chi connectivity index (χ0) is 26.8. The van der Waals surface area contributed by atoms with Gasteiger partial charge in [0.25, 0.3) is 10.0 Å². The maximum atomic E-state index is 15.3. The smallest absolute Gasteiger partial charge is 0.263 e. The molecule has 2 aromatic heterocycles. The number of aromatic nitrogens is 2. The number of rotatable bonds is 7. The molecule has 1 aromatic carbocycles. The summed E-state index contributed by atoms with van der Waals surface area (Å²) in [7, 11) is -4.39. The molecule has 36 heavy (non-hydrogen) atoms. The normalized spacial score (nSPS) is 12.1. The first-order valence-corrected chi connectivity index (χ1v) is 12.5. The van der Waals surface area contributed by atoms with Crippen molar-refractivity contribution in [1.82, 2.24) is 15.3 Å². The Bertz CT molecular complexity index is 1480. The molecule has 2 N–H and O–H groups in total. The van der Waals surface area contributed by atoms with Crippen molar-refractivity contribution in [2.24, 2.45) is 0 Å². The van der Waals surface area contributed by atoms with Crippen LogP contribution in [0.1, 0.15) is 46.0 Å². The van der Waals surface area contributed by atoms with Crippen molar-refractivity contribution in [2.75, 3.05) is 4.72 Å². The van der Waals surface area contributed by atoms with Crippen LogP contribution < -0.4 is 10.0 Å². The monoisotopic (exact) mass is 516 g/mol. The first kappa shape index (κ1) is 26.9. The van der Waals surface area contributed by atoms with Gasteiger partial charge < -0.3 is 5.32 Å². The standard InChI is InChI=1S/C26H27F3N4O2S/c1-14(2)16(4)32-17(5)15(3)22-9-7-19(12-31-22)25-21(28)8-10-23(26(25)29)33-36(34,35)24-11-20(27)13-30-18(24)6/h7-13,32-33H,1-6H3/b17-15+. The van der Waals surface area contributed by atoms with Gasteiger partial charge in [-0.2, -0.15) is 0 Å². The molecule has 0 amide bonds. The molecule has 2 heterocycles. The summed E-state index contributed by atoms with van der Waals surface area (Å²) in [4.78, 5) is 7.58. The van der Waals surface area contributed by atoms with Gasteiger partial charge >= 0.3 is 0 Å². The molecule has 0 unspecified atom stereocenters. The largest absolute Gasteiger partial charge is 0.363 e. The molecule has 0 fully saturated rings. The third kappa shape index (κ3) is 5.76. The molecular weight excluding hydrogens is 489 g/mol. The highest BCUT2D eigenvalue weighted by atomic mass is 32.2. The van der Waals surface area contributed by atoms with Gasteiger partial charge in [0, 0.05) is 23.2 Å². The van der Waals surface area contributed by atoms with Crippen molar-refractivity contribution in [3.8, 4) is 11.1 Å². The number of sulfonamides is 1. The number of nitrogens with zero attached hydrogens (tertiary/aromatic N) is 2. The number of pyridine rings is 2. The topological polar surface area (TPSA) is 84.0 Å².